The predicted octanol–water partition coefficient (Wildman–Crippen LogP) is 0.711. The molecule has 1 saturated carbocycles. The van der Waals surface area contributed by atoms with Crippen molar-refractivity contribution in [1.29, 1.82) is 0 Å². The van der Waals surface area contributed by atoms with Gasteiger partial charge in [-0.15, -0.1) is 0 Å². The van der Waals surface area contributed by atoms with Crippen LogP contribution in [0, 0.1) is 5.92 Å². The summed E-state index contributed by atoms with van der Waals surface area (Å²) in [7, 11) is -3.20. The molecule has 0 spiro atoms. The number of halogens is 1. The van der Waals surface area contributed by atoms with Crippen LogP contribution in [0.1, 0.15) is 19.3 Å². The molecule has 1 amide bonds. The Hall–Kier alpha value is -0.100. The second-order valence-electron chi connectivity index (χ2n) is 4.15. The standard InChI is InChI=1S/C9H16BrNO3S/c1-15(13,14)6-9(12)11-5-7-2-3-8(10)4-7/h7-8H,2-6H2,1H3,(H,11,12). The van der Waals surface area contributed by atoms with E-state index in [0.717, 1.165) is 25.5 Å². The fourth-order valence-electron chi connectivity index (χ4n) is 1.75. The Labute approximate surface area is 98.9 Å². The van der Waals surface area contributed by atoms with Gasteiger partial charge in [0.25, 0.3) is 0 Å². The largest absolute Gasteiger partial charge is 0.355 e. The molecule has 4 nitrogen and oxygen atoms in total. The lowest BCUT2D eigenvalue weighted by molar-refractivity contribution is -0.118. The smallest absolute Gasteiger partial charge is 0.235 e. The molecular weight excluding hydrogens is 282 g/mol. The van der Waals surface area contributed by atoms with Gasteiger partial charge in [-0.1, -0.05) is 15.9 Å². The zero-order valence-corrected chi connectivity index (χ0v) is 11.1. The van der Waals surface area contributed by atoms with Gasteiger partial charge in [0.05, 0.1) is 0 Å². The van der Waals surface area contributed by atoms with Crippen LogP contribution in [0.2, 0.25) is 0 Å². The molecule has 0 bridgehead atoms. The molecule has 0 aromatic carbocycles. The maximum absolute atomic E-state index is 11.2. The molecule has 0 aliphatic heterocycles. The van der Waals surface area contributed by atoms with Crippen LogP contribution >= 0.6 is 15.9 Å². The van der Waals surface area contributed by atoms with E-state index in [1.54, 1.807) is 0 Å². The van der Waals surface area contributed by atoms with E-state index in [1.807, 2.05) is 0 Å². The van der Waals surface area contributed by atoms with Crippen LogP contribution in [-0.4, -0.2) is 37.7 Å². The molecule has 2 unspecified atom stereocenters. The number of carbonyl (C=O) groups is 1. The van der Waals surface area contributed by atoms with Crippen molar-refractivity contribution in [2.24, 2.45) is 5.92 Å². The van der Waals surface area contributed by atoms with Gasteiger partial charge in [-0.3, -0.25) is 4.79 Å². The van der Waals surface area contributed by atoms with Crippen molar-refractivity contribution in [3.05, 3.63) is 0 Å². The van der Waals surface area contributed by atoms with Crippen molar-refractivity contribution in [1.82, 2.24) is 5.32 Å². The quantitative estimate of drug-likeness (QED) is 0.778. The minimum Gasteiger partial charge on any atom is -0.355 e. The van der Waals surface area contributed by atoms with Crippen molar-refractivity contribution in [3.63, 3.8) is 0 Å². The Morgan fingerprint density at radius 1 is 1.47 bits per heavy atom. The highest BCUT2D eigenvalue weighted by atomic mass is 79.9. The normalized spacial score (nSPS) is 26.5. The van der Waals surface area contributed by atoms with Gasteiger partial charge in [0.15, 0.2) is 9.84 Å². The van der Waals surface area contributed by atoms with E-state index in [1.165, 1.54) is 0 Å². The van der Waals surface area contributed by atoms with Gasteiger partial charge in [-0.05, 0) is 25.2 Å². The molecule has 2 atom stereocenters. The lowest BCUT2D eigenvalue weighted by Gasteiger charge is -2.10. The Morgan fingerprint density at radius 2 is 2.13 bits per heavy atom. The molecule has 0 aromatic heterocycles. The van der Waals surface area contributed by atoms with Crippen LogP contribution in [0.15, 0.2) is 0 Å². The van der Waals surface area contributed by atoms with Gasteiger partial charge >= 0.3 is 0 Å². The van der Waals surface area contributed by atoms with Crippen LogP contribution in [0.3, 0.4) is 0 Å². The number of rotatable bonds is 4. The summed E-state index contributed by atoms with van der Waals surface area (Å²) >= 11 is 3.53. The van der Waals surface area contributed by atoms with Gasteiger partial charge in [0.2, 0.25) is 5.91 Å². The molecular formula is C9H16BrNO3S. The monoisotopic (exact) mass is 297 g/mol. The molecule has 0 aromatic rings. The lowest BCUT2D eigenvalue weighted by Crippen LogP contribution is -2.33. The van der Waals surface area contributed by atoms with Crippen molar-refractivity contribution in [2.45, 2.75) is 24.1 Å². The van der Waals surface area contributed by atoms with Gasteiger partial charge in [-0.25, -0.2) is 8.42 Å². The average molecular weight is 298 g/mol. The third-order valence-electron chi connectivity index (χ3n) is 2.46. The summed E-state index contributed by atoms with van der Waals surface area (Å²) < 4.78 is 21.6. The predicted molar refractivity (Wildman–Crippen MR) is 62.8 cm³/mol. The molecule has 1 fully saturated rings. The van der Waals surface area contributed by atoms with E-state index in [-0.39, 0.29) is 0 Å². The molecule has 6 heteroatoms. The number of sulfone groups is 1. The van der Waals surface area contributed by atoms with E-state index in [0.29, 0.717) is 17.3 Å². The SMILES string of the molecule is CS(=O)(=O)CC(=O)NCC1CCC(Br)C1. The molecule has 0 saturated heterocycles. The number of carbonyl (C=O) groups excluding carboxylic acids is 1. The van der Waals surface area contributed by atoms with Crippen molar-refractivity contribution in [3.8, 4) is 0 Å². The summed E-state index contributed by atoms with van der Waals surface area (Å²) in [5.41, 5.74) is 0. The highest BCUT2D eigenvalue weighted by molar-refractivity contribution is 9.09. The number of hydrogen-bond donors (Lipinski definition) is 1. The Bertz CT molecular complexity index is 328. The maximum atomic E-state index is 11.2. The minimum atomic E-state index is -3.20. The van der Waals surface area contributed by atoms with E-state index >= 15 is 0 Å². The summed E-state index contributed by atoms with van der Waals surface area (Å²) in [6, 6.07) is 0. The second kappa shape index (κ2) is 5.30. The van der Waals surface area contributed by atoms with Crippen LogP contribution in [-0.2, 0) is 14.6 Å². The summed E-state index contributed by atoms with van der Waals surface area (Å²) in [4.78, 5) is 11.7. The molecule has 88 valence electrons. The zero-order valence-electron chi connectivity index (χ0n) is 8.70. The fourth-order valence-corrected chi connectivity index (χ4v) is 3.12. The third kappa shape index (κ3) is 5.51. The summed E-state index contributed by atoms with van der Waals surface area (Å²) in [5, 5.41) is 2.66. The molecule has 1 N–H and O–H groups in total. The van der Waals surface area contributed by atoms with Crippen LogP contribution < -0.4 is 5.32 Å². The Balaban J connectivity index is 2.23. The Kier molecular flexibility index (Phi) is 4.58. The van der Waals surface area contributed by atoms with Gasteiger partial charge in [0, 0.05) is 17.6 Å². The highest BCUT2D eigenvalue weighted by Gasteiger charge is 2.23. The number of hydrogen-bond acceptors (Lipinski definition) is 3. The molecule has 1 aliphatic rings. The van der Waals surface area contributed by atoms with E-state index in [2.05, 4.69) is 21.2 Å². The van der Waals surface area contributed by atoms with Gasteiger partial charge in [-0.2, -0.15) is 0 Å². The topological polar surface area (TPSA) is 63.2 Å². The van der Waals surface area contributed by atoms with Crippen molar-refractivity contribution >= 4 is 31.7 Å². The van der Waals surface area contributed by atoms with E-state index < -0.39 is 21.5 Å². The Morgan fingerprint density at radius 3 is 2.60 bits per heavy atom. The number of amides is 1. The first-order valence-corrected chi connectivity index (χ1v) is 7.93. The second-order valence-corrected chi connectivity index (χ2v) is 7.59. The third-order valence-corrected chi connectivity index (χ3v) is 4.08. The van der Waals surface area contributed by atoms with E-state index in [4.69, 9.17) is 0 Å². The minimum absolute atomic E-state index is 0.393. The molecule has 1 aliphatic carbocycles. The van der Waals surface area contributed by atoms with Crippen molar-refractivity contribution < 1.29 is 13.2 Å². The highest BCUT2D eigenvalue weighted by Crippen LogP contribution is 2.29. The number of alkyl halides is 1. The van der Waals surface area contributed by atoms with Crippen molar-refractivity contribution in [2.75, 3.05) is 18.6 Å². The van der Waals surface area contributed by atoms with Crippen LogP contribution in [0.4, 0.5) is 0 Å². The molecule has 15 heavy (non-hydrogen) atoms. The lowest BCUT2D eigenvalue weighted by atomic mass is 10.1. The first-order valence-electron chi connectivity index (χ1n) is 4.95. The van der Waals surface area contributed by atoms with Crippen LogP contribution in [0.25, 0.3) is 0 Å². The first kappa shape index (κ1) is 13.0. The van der Waals surface area contributed by atoms with E-state index in [9.17, 15) is 13.2 Å². The molecule has 0 radical (unpaired) electrons. The average Bonchev–Trinajstić information content (AvgIpc) is 2.45. The molecule has 0 heterocycles. The first-order chi connectivity index (χ1) is 6.87. The van der Waals surface area contributed by atoms with Gasteiger partial charge < -0.3 is 5.32 Å². The van der Waals surface area contributed by atoms with Gasteiger partial charge in [0.1, 0.15) is 5.75 Å². The van der Waals surface area contributed by atoms with Crippen LogP contribution in [0.5, 0.6) is 0 Å². The summed E-state index contributed by atoms with van der Waals surface area (Å²) in [5.74, 6) is -0.314. The number of nitrogens with one attached hydrogen (secondary N) is 1. The fraction of sp³-hybridized carbons (Fsp3) is 0.889. The maximum Gasteiger partial charge on any atom is 0.235 e. The summed E-state index contributed by atoms with van der Waals surface area (Å²) in [6.45, 7) is 0.594. The molecule has 1 rings (SSSR count). The zero-order chi connectivity index (χ0) is 11.5. The summed E-state index contributed by atoms with van der Waals surface area (Å²) in [6.07, 6.45) is 4.34.